The number of β-amino-alcohol motifs (C(OH)–C–C–N with tert-alkyl or cyclic N) is 1. The number of aromatic nitrogens is 2. The van der Waals surface area contributed by atoms with Crippen LogP contribution in [0.1, 0.15) is 18.9 Å². The van der Waals surface area contributed by atoms with Gasteiger partial charge in [0.25, 0.3) is 0 Å². The average molecular weight is 341 g/mol. The molecule has 1 aliphatic heterocycles. The number of aliphatic hydroxyl groups is 1. The lowest BCUT2D eigenvalue weighted by Crippen LogP contribution is -2.58. The maximum atomic E-state index is 12.4. The Morgan fingerprint density at radius 3 is 2.80 bits per heavy atom. The van der Waals surface area contributed by atoms with Crippen LogP contribution < -0.4 is 4.74 Å². The van der Waals surface area contributed by atoms with E-state index >= 15 is 0 Å². The van der Waals surface area contributed by atoms with E-state index in [1.165, 1.54) is 6.08 Å². The maximum absolute atomic E-state index is 12.4. The summed E-state index contributed by atoms with van der Waals surface area (Å²) in [6.07, 6.45) is 7.01. The molecule has 0 radical (unpaired) electrons. The van der Waals surface area contributed by atoms with Crippen LogP contribution in [0.2, 0.25) is 0 Å². The Labute approximate surface area is 147 Å². The number of aryl methyl sites for hydroxylation is 1. The van der Waals surface area contributed by atoms with Crippen LogP contribution in [0, 0.1) is 0 Å². The monoisotopic (exact) mass is 341 g/mol. The summed E-state index contributed by atoms with van der Waals surface area (Å²) in [5.74, 6) is 0.603. The van der Waals surface area contributed by atoms with Gasteiger partial charge in [-0.3, -0.25) is 9.48 Å². The standard InChI is InChI=1S/C19H23N3O3/c1-19(24)14-22(18(23)9-8-15-12-20-21(2)13-15)11-10-17(19)25-16-6-4-3-5-7-16/h3-9,12-13,17,24H,10-11,14H2,1-2H3/b9-8+/t17-,19-/m0/s1. The van der Waals surface area contributed by atoms with Gasteiger partial charge in [0, 0.05) is 37.8 Å². The number of piperidine rings is 1. The van der Waals surface area contributed by atoms with E-state index in [1.54, 1.807) is 28.8 Å². The minimum atomic E-state index is -1.11. The number of likely N-dealkylation sites (tertiary alicyclic amines) is 1. The number of ether oxygens (including phenoxy) is 1. The number of carbonyl (C=O) groups excluding carboxylic acids is 1. The first-order valence-corrected chi connectivity index (χ1v) is 8.34. The molecule has 0 spiro atoms. The van der Waals surface area contributed by atoms with Gasteiger partial charge >= 0.3 is 0 Å². The van der Waals surface area contributed by atoms with Crippen molar-refractivity contribution < 1.29 is 14.6 Å². The molecular weight excluding hydrogens is 318 g/mol. The lowest BCUT2D eigenvalue weighted by atomic mass is 9.91. The van der Waals surface area contributed by atoms with E-state index in [1.807, 2.05) is 43.6 Å². The Morgan fingerprint density at radius 1 is 1.40 bits per heavy atom. The van der Waals surface area contributed by atoms with Gasteiger partial charge in [0.05, 0.1) is 12.7 Å². The Morgan fingerprint density at radius 2 is 2.16 bits per heavy atom. The number of rotatable bonds is 4. The fraction of sp³-hybridized carbons (Fsp3) is 0.368. The molecule has 1 amide bonds. The third-order valence-corrected chi connectivity index (χ3v) is 4.34. The first-order chi connectivity index (χ1) is 11.9. The van der Waals surface area contributed by atoms with Crippen molar-refractivity contribution in [3.63, 3.8) is 0 Å². The van der Waals surface area contributed by atoms with E-state index < -0.39 is 5.60 Å². The predicted octanol–water partition coefficient (Wildman–Crippen LogP) is 1.86. The van der Waals surface area contributed by atoms with Crippen molar-refractivity contribution in [2.75, 3.05) is 13.1 Å². The minimum Gasteiger partial charge on any atom is -0.487 e. The van der Waals surface area contributed by atoms with Crippen molar-refractivity contribution in [1.82, 2.24) is 14.7 Å². The van der Waals surface area contributed by atoms with Gasteiger partial charge in [-0.15, -0.1) is 0 Å². The summed E-state index contributed by atoms with van der Waals surface area (Å²) < 4.78 is 7.60. The van der Waals surface area contributed by atoms with Crippen LogP contribution in [-0.2, 0) is 11.8 Å². The second-order valence-electron chi connectivity index (χ2n) is 6.61. The number of benzene rings is 1. The van der Waals surface area contributed by atoms with Crippen molar-refractivity contribution in [1.29, 1.82) is 0 Å². The molecule has 1 fully saturated rings. The Bertz CT molecular complexity index is 752. The second kappa shape index (κ2) is 7.11. The number of hydrogen-bond acceptors (Lipinski definition) is 4. The van der Waals surface area contributed by atoms with Gasteiger partial charge in [-0.1, -0.05) is 18.2 Å². The Hall–Kier alpha value is -2.60. The van der Waals surface area contributed by atoms with Crippen LogP contribution in [0.3, 0.4) is 0 Å². The van der Waals surface area contributed by atoms with Crippen molar-refractivity contribution in [3.05, 3.63) is 54.4 Å². The predicted molar refractivity (Wildman–Crippen MR) is 94.9 cm³/mol. The van der Waals surface area contributed by atoms with Crippen LogP contribution in [0.25, 0.3) is 6.08 Å². The van der Waals surface area contributed by atoms with Crippen LogP contribution in [0.15, 0.2) is 48.8 Å². The summed E-state index contributed by atoms with van der Waals surface area (Å²) in [7, 11) is 1.83. The molecule has 0 saturated carbocycles. The Balaban J connectivity index is 1.61. The van der Waals surface area contributed by atoms with Crippen molar-refractivity contribution in [3.8, 4) is 5.75 Å². The molecular formula is C19H23N3O3. The van der Waals surface area contributed by atoms with Crippen molar-refractivity contribution >= 4 is 12.0 Å². The van der Waals surface area contributed by atoms with Crippen molar-refractivity contribution in [2.45, 2.75) is 25.0 Å². The summed E-state index contributed by atoms with van der Waals surface area (Å²) in [5, 5.41) is 14.8. The first kappa shape index (κ1) is 17.2. The molecule has 1 aliphatic rings. The largest absolute Gasteiger partial charge is 0.487 e. The lowest BCUT2D eigenvalue weighted by molar-refractivity contribution is -0.140. The van der Waals surface area contributed by atoms with E-state index in [0.29, 0.717) is 13.0 Å². The number of hydrogen-bond donors (Lipinski definition) is 1. The Kier molecular flexibility index (Phi) is 4.90. The molecule has 1 saturated heterocycles. The van der Waals surface area contributed by atoms with Gasteiger partial charge in [-0.2, -0.15) is 5.10 Å². The highest BCUT2D eigenvalue weighted by atomic mass is 16.5. The summed E-state index contributed by atoms with van der Waals surface area (Å²) in [6, 6.07) is 9.44. The molecule has 0 aliphatic carbocycles. The van der Waals surface area contributed by atoms with E-state index in [-0.39, 0.29) is 18.6 Å². The number of amides is 1. The third kappa shape index (κ3) is 4.28. The van der Waals surface area contributed by atoms with Crippen LogP contribution in [0.4, 0.5) is 0 Å². The molecule has 25 heavy (non-hydrogen) atoms. The van der Waals surface area contributed by atoms with Crippen LogP contribution in [0.5, 0.6) is 5.75 Å². The lowest BCUT2D eigenvalue weighted by Gasteiger charge is -2.42. The molecule has 132 valence electrons. The molecule has 2 heterocycles. The number of nitrogens with zero attached hydrogens (tertiary/aromatic N) is 3. The summed E-state index contributed by atoms with van der Waals surface area (Å²) >= 11 is 0. The normalized spacial score (nSPS) is 23.8. The van der Waals surface area contributed by atoms with Gasteiger partial charge in [0.2, 0.25) is 5.91 Å². The molecule has 0 unspecified atom stereocenters. The van der Waals surface area contributed by atoms with Gasteiger partial charge in [0.1, 0.15) is 17.5 Å². The van der Waals surface area contributed by atoms with Gasteiger partial charge in [0.15, 0.2) is 0 Å². The number of carbonyl (C=O) groups is 1. The van der Waals surface area contributed by atoms with Gasteiger partial charge < -0.3 is 14.7 Å². The third-order valence-electron chi connectivity index (χ3n) is 4.34. The maximum Gasteiger partial charge on any atom is 0.246 e. The second-order valence-corrected chi connectivity index (χ2v) is 6.61. The summed E-state index contributed by atoms with van der Waals surface area (Å²) in [4.78, 5) is 14.0. The number of para-hydroxylation sites is 1. The zero-order valence-corrected chi connectivity index (χ0v) is 14.5. The summed E-state index contributed by atoms with van der Waals surface area (Å²) in [5.41, 5.74) is -0.240. The van der Waals surface area contributed by atoms with E-state index in [9.17, 15) is 9.90 Å². The molecule has 2 aromatic rings. The smallest absolute Gasteiger partial charge is 0.246 e. The molecule has 1 N–H and O–H groups in total. The van der Waals surface area contributed by atoms with Gasteiger partial charge in [-0.25, -0.2) is 0 Å². The average Bonchev–Trinajstić information content (AvgIpc) is 3.00. The fourth-order valence-electron chi connectivity index (χ4n) is 2.99. The zero-order valence-electron chi connectivity index (χ0n) is 14.5. The highest BCUT2D eigenvalue weighted by molar-refractivity contribution is 5.91. The highest BCUT2D eigenvalue weighted by Gasteiger charge is 2.40. The van der Waals surface area contributed by atoms with E-state index in [4.69, 9.17) is 4.74 Å². The first-order valence-electron chi connectivity index (χ1n) is 8.34. The molecule has 2 atom stereocenters. The quantitative estimate of drug-likeness (QED) is 0.862. The van der Waals surface area contributed by atoms with Gasteiger partial charge in [-0.05, 0) is 25.1 Å². The molecule has 1 aromatic carbocycles. The zero-order chi connectivity index (χ0) is 17.9. The summed E-state index contributed by atoms with van der Waals surface area (Å²) in [6.45, 7) is 2.50. The SMILES string of the molecule is Cn1cc(/C=C/C(=O)N2CC[C@H](Oc3ccccc3)[C@@](C)(O)C2)cn1. The van der Waals surface area contributed by atoms with Crippen LogP contribution in [-0.4, -0.2) is 50.5 Å². The highest BCUT2D eigenvalue weighted by Crippen LogP contribution is 2.26. The van der Waals surface area contributed by atoms with E-state index in [2.05, 4.69) is 5.10 Å². The molecule has 3 rings (SSSR count). The van der Waals surface area contributed by atoms with Crippen LogP contribution >= 0.6 is 0 Å². The van der Waals surface area contributed by atoms with E-state index in [0.717, 1.165) is 11.3 Å². The fourth-order valence-corrected chi connectivity index (χ4v) is 2.99. The minimum absolute atomic E-state index is 0.123. The molecule has 6 nitrogen and oxygen atoms in total. The molecule has 6 heteroatoms. The molecule has 1 aromatic heterocycles. The molecule has 0 bridgehead atoms. The van der Waals surface area contributed by atoms with Crippen molar-refractivity contribution in [2.24, 2.45) is 7.05 Å². The topological polar surface area (TPSA) is 67.6 Å².